The number of ketones is 2. The van der Waals surface area contributed by atoms with Crippen LogP contribution in [-0.4, -0.2) is 31.1 Å². The van der Waals surface area contributed by atoms with Crippen LogP contribution < -0.4 is 0 Å². The van der Waals surface area contributed by atoms with Gasteiger partial charge in [-0.2, -0.15) is 0 Å². The van der Waals surface area contributed by atoms with Crippen LogP contribution in [0.25, 0.3) is 39.3 Å². The third-order valence-corrected chi connectivity index (χ3v) is 6.46. The molecule has 0 saturated heterocycles. The maximum absolute atomic E-state index is 13.6. The van der Waals surface area contributed by atoms with Crippen LogP contribution in [-0.2, 0) is 0 Å². The number of rotatable bonds is 2. The molecule has 6 nitrogen and oxygen atoms in total. The van der Waals surface area contributed by atoms with E-state index in [1.807, 2.05) is 71.1 Å². The highest BCUT2D eigenvalue weighted by Gasteiger charge is 2.32. The summed E-state index contributed by atoms with van der Waals surface area (Å²) < 4.78 is 1.92. The van der Waals surface area contributed by atoms with E-state index < -0.39 is 0 Å². The highest BCUT2D eigenvalue weighted by atomic mass is 16.1. The van der Waals surface area contributed by atoms with Gasteiger partial charge in [0.1, 0.15) is 5.82 Å². The van der Waals surface area contributed by atoms with Crippen LogP contribution in [0.1, 0.15) is 31.8 Å². The third kappa shape index (κ3) is 2.74. The molecule has 0 spiro atoms. The zero-order valence-corrected chi connectivity index (χ0v) is 18.3. The molecule has 164 valence electrons. The van der Waals surface area contributed by atoms with E-state index in [0.717, 1.165) is 11.1 Å². The number of benzene rings is 4. The van der Waals surface area contributed by atoms with Crippen molar-refractivity contribution in [1.82, 2.24) is 19.6 Å². The maximum Gasteiger partial charge on any atom is 0.196 e. The second-order valence-corrected chi connectivity index (χ2v) is 8.44. The largest absolute Gasteiger partial charge is 0.289 e. The van der Waals surface area contributed by atoms with E-state index in [4.69, 9.17) is 4.98 Å². The first kappa shape index (κ1) is 19.5. The average molecular weight is 452 g/mol. The molecule has 0 fully saturated rings. The van der Waals surface area contributed by atoms with Gasteiger partial charge < -0.3 is 0 Å². The number of carbonyl (C=O) groups excluding carboxylic acids is 2. The second-order valence-electron chi connectivity index (χ2n) is 8.44. The van der Waals surface area contributed by atoms with Crippen molar-refractivity contribution in [2.24, 2.45) is 0 Å². The van der Waals surface area contributed by atoms with Gasteiger partial charge in [-0.1, -0.05) is 84.9 Å². The zero-order valence-electron chi connectivity index (χ0n) is 18.3. The molecule has 0 bridgehead atoms. The molecule has 6 aromatic rings. The Morgan fingerprint density at radius 1 is 0.543 bits per heavy atom. The Balaban J connectivity index is 1.62. The van der Waals surface area contributed by atoms with Gasteiger partial charge in [0.2, 0.25) is 0 Å². The molecule has 4 aromatic carbocycles. The van der Waals surface area contributed by atoms with Crippen LogP contribution in [0.2, 0.25) is 0 Å². The topological polar surface area (TPSA) is 77.2 Å². The van der Waals surface area contributed by atoms with Gasteiger partial charge >= 0.3 is 0 Å². The standard InChI is InChI=1S/C29H16N4O2/c34-25-19-13-7-8-14-20(19)26(35)23-21(25)15-16-22-24(23)30-27(17-9-3-1-4-10-17)33-28(31-32-29(22)33)18-11-5-2-6-12-18/h1-16H. The Labute approximate surface area is 199 Å². The van der Waals surface area contributed by atoms with Crippen molar-refractivity contribution >= 4 is 28.1 Å². The minimum absolute atomic E-state index is 0.175. The smallest absolute Gasteiger partial charge is 0.196 e. The molecule has 0 radical (unpaired) electrons. The van der Waals surface area contributed by atoms with Crippen molar-refractivity contribution in [3.8, 4) is 22.8 Å². The molecule has 2 aromatic heterocycles. The molecule has 35 heavy (non-hydrogen) atoms. The SMILES string of the molecule is O=C1c2ccccc2C(=O)c2c1ccc1c2nc(-c2ccccc2)n2c(-c3ccccc3)nnc12. The molecule has 7 rings (SSSR count). The van der Waals surface area contributed by atoms with Gasteiger partial charge in [-0.05, 0) is 12.1 Å². The van der Waals surface area contributed by atoms with Gasteiger partial charge in [0.15, 0.2) is 23.0 Å². The number of hydrogen-bond donors (Lipinski definition) is 0. The average Bonchev–Trinajstić information content (AvgIpc) is 3.37. The molecule has 1 aliphatic rings. The lowest BCUT2D eigenvalue weighted by Crippen LogP contribution is -2.21. The van der Waals surface area contributed by atoms with Crippen LogP contribution in [0, 0.1) is 0 Å². The number of hydrogen-bond acceptors (Lipinski definition) is 5. The lowest BCUT2D eigenvalue weighted by atomic mass is 9.83. The quantitative estimate of drug-likeness (QED) is 0.352. The van der Waals surface area contributed by atoms with Crippen LogP contribution in [0.4, 0.5) is 0 Å². The van der Waals surface area contributed by atoms with E-state index in [9.17, 15) is 9.59 Å². The molecule has 6 heteroatoms. The molecule has 0 saturated carbocycles. The molecule has 0 unspecified atom stereocenters. The van der Waals surface area contributed by atoms with Crippen LogP contribution >= 0.6 is 0 Å². The lowest BCUT2D eigenvalue weighted by Gasteiger charge is -2.19. The predicted octanol–water partition coefficient (Wildman–Crippen LogP) is 5.39. The van der Waals surface area contributed by atoms with Crippen molar-refractivity contribution < 1.29 is 9.59 Å². The van der Waals surface area contributed by atoms with Gasteiger partial charge in [0.05, 0.1) is 11.1 Å². The fourth-order valence-electron chi connectivity index (χ4n) is 4.84. The van der Waals surface area contributed by atoms with Crippen LogP contribution in [0.15, 0.2) is 97.1 Å². The van der Waals surface area contributed by atoms with Crippen LogP contribution in [0.5, 0.6) is 0 Å². The molecule has 0 aliphatic heterocycles. The first-order chi connectivity index (χ1) is 17.2. The Bertz CT molecular complexity index is 1820. The second kappa shape index (κ2) is 7.27. The monoisotopic (exact) mass is 452 g/mol. The van der Waals surface area contributed by atoms with E-state index in [2.05, 4.69) is 10.2 Å². The van der Waals surface area contributed by atoms with Gasteiger partial charge in [-0.3, -0.25) is 14.0 Å². The number of aromatic nitrogens is 4. The normalized spacial score (nSPS) is 12.7. The number of fused-ring (bicyclic) bond motifs is 6. The summed E-state index contributed by atoms with van der Waals surface area (Å²) in [5.41, 5.74) is 4.27. The van der Waals surface area contributed by atoms with E-state index in [-0.39, 0.29) is 11.6 Å². The zero-order chi connectivity index (χ0) is 23.5. The first-order valence-electron chi connectivity index (χ1n) is 11.2. The highest BCUT2D eigenvalue weighted by molar-refractivity contribution is 6.32. The van der Waals surface area contributed by atoms with Crippen molar-refractivity contribution in [3.63, 3.8) is 0 Å². The molecule has 0 atom stereocenters. The number of carbonyl (C=O) groups is 2. The maximum atomic E-state index is 13.6. The summed E-state index contributed by atoms with van der Waals surface area (Å²) in [4.78, 5) is 31.9. The lowest BCUT2D eigenvalue weighted by molar-refractivity contribution is 0.0980. The fraction of sp³-hybridized carbons (Fsp3) is 0. The Morgan fingerprint density at radius 2 is 1.14 bits per heavy atom. The van der Waals surface area contributed by atoms with Gasteiger partial charge in [-0.25, -0.2) is 4.98 Å². The highest BCUT2D eigenvalue weighted by Crippen LogP contribution is 2.35. The number of nitrogens with zero attached hydrogens (tertiary/aromatic N) is 4. The molecule has 1 aliphatic carbocycles. The summed E-state index contributed by atoms with van der Waals surface area (Å²) in [5, 5.41) is 9.69. The summed E-state index contributed by atoms with van der Waals surface area (Å²) in [5.74, 6) is 0.870. The van der Waals surface area contributed by atoms with Crippen molar-refractivity contribution in [1.29, 1.82) is 0 Å². The van der Waals surface area contributed by atoms with Gasteiger partial charge in [0.25, 0.3) is 0 Å². The van der Waals surface area contributed by atoms with Gasteiger partial charge in [0, 0.05) is 33.2 Å². The van der Waals surface area contributed by atoms with E-state index in [1.54, 1.807) is 30.3 Å². The Kier molecular flexibility index (Phi) is 4.05. The minimum atomic E-state index is -0.209. The fourth-order valence-corrected chi connectivity index (χ4v) is 4.84. The minimum Gasteiger partial charge on any atom is -0.289 e. The molecular weight excluding hydrogens is 436 g/mol. The summed E-state index contributed by atoms with van der Waals surface area (Å²) in [6, 6.07) is 30.0. The summed E-state index contributed by atoms with van der Waals surface area (Å²) in [6.07, 6.45) is 0. The van der Waals surface area contributed by atoms with E-state index in [0.29, 0.717) is 50.5 Å². The summed E-state index contributed by atoms with van der Waals surface area (Å²) >= 11 is 0. The molecule has 2 heterocycles. The van der Waals surface area contributed by atoms with Gasteiger partial charge in [-0.15, -0.1) is 10.2 Å². The van der Waals surface area contributed by atoms with Crippen molar-refractivity contribution in [2.45, 2.75) is 0 Å². The first-order valence-corrected chi connectivity index (χ1v) is 11.2. The summed E-state index contributed by atoms with van der Waals surface area (Å²) in [7, 11) is 0. The predicted molar refractivity (Wildman–Crippen MR) is 132 cm³/mol. The van der Waals surface area contributed by atoms with Crippen molar-refractivity contribution in [3.05, 3.63) is 119 Å². The van der Waals surface area contributed by atoms with E-state index >= 15 is 0 Å². The Morgan fingerprint density at radius 3 is 1.83 bits per heavy atom. The molecule has 0 N–H and O–H groups in total. The van der Waals surface area contributed by atoms with Crippen molar-refractivity contribution in [2.75, 3.05) is 0 Å². The van der Waals surface area contributed by atoms with E-state index in [1.165, 1.54) is 0 Å². The van der Waals surface area contributed by atoms with Crippen LogP contribution in [0.3, 0.4) is 0 Å². The Hall–Kier alpha value is -4.97. The molecule has 0 amide bonds. The third-order valence-electron chi connectivity index (χ3n) is 6.46. The summed E-state index contributed by atoms with van der Waals surface area (Å²) in [6.45, 7) is 0. The molecular formula is C29H16N4O2.